The summed E-state index contributed by atoms with van der Waals surface area (Å²) in [7, 11) is 2.12. The molecule has 10 heavy (non-hydrogen) atoms. The third-order valence-corrected chi connectivity index (χ3v) is 1.78. The van der Waals surface area contributed by atoms with Gasteiger partial charge in [-0.3, -0.25) is 0 Å². The smallest absolute Gasteiger partial charge is 0.0817 e. The Hall–Kier alpha value is -0.500. The summed E-state index contributed by atoms with van der Waals surface area (Å²) < 4.78 is 12.1. The molecule has 1 aliphatic rings. The van der Waals surface area contributed by atoms with Gasteiger partial charge in [0.15, 0.2) is 0 Å². The minimum atomic E-state index is 0.431. The standard InChI is InChI=1S/C8H15NO/c1-9-5-3-8(4-6-9)7-10-2/h7H,3-6H2,1-2H3/i1T. The van der Waals surface area contributed by atoms with Crippen LogP contribution in [0.25, 0.3) is 0 Å². The monoisotopic (exact) mass is 143 g/mol. The molecule has 0 N–H and O–H groups in total. The van der Waals surface area contributed by atoms with Crippen molar-refractivity contribution in [1.82, 2.24) is 4.90 Å². The van der Waals surface area contributed by atoms with Crippen molar-refractivity contribution in [3.05, 3.63) is 11.8 Å². The van der Waals surface area contributed by atoms with Crippen molar-refractivity contribution >= 4 is 0 Å². The van der Waals surface area contributed by atoms with Gasteiger partial charge in [0.05, 0.1) is 13.4 Å². The van der Waals surface area contributed by atoms with E-state index in [1.54, 1.807) is 7.11 Å². The second-order valence-corrected chi connectivity index (χ2v) is 2.63. The maximum atomic E-state index is 7.14. The molecule has 0 aromatic heterocycles. The minimum Gasteiger partial charge on any atom is -0.504 e. The van der Waals surface area contributed by atoms with Crippen molar-refractivity contribution in [3.63, 3.8) is 0 Å². The Kier molecular flexibility index (Phi) is 2.25. The molecule has 0 atom stereocenters. The molecule has 1 aliphatic heterocycles. The SMILES string of the molecule is [3H]CN1CCC(=COC)CC1. The first-order valence-corrected chi connectivity index (χ1v) is 3.59. The third kappa shape index (κ3) is 2.03. The maximum Gasteiger partial charge on any atom is 0.0817 e. The number of likely N-dealkylation sites (tertiary alicyclic amines) is 1. The van der Waals surface area contributed by atoms with Crippen LogP contribution in [-0.4, -0.2) is 32.1 Å². The highest BCUT2D eigenvalue weighted by Gasteiger charge is 2.08. The summed E-state index contributed by atoms with van der Waals surface area (Å²) in [5.41, 5.74) is 1.37. The number of hydrogen-bond acceptors (Lipinski definition) is 2. The quantitative estimate of drug-likeness (QED) is 0.512. The van der Waals surface area contributed by atoms with Gasteiger partial charge in [-0.05, 0) is 25.4 Å². The molecule has 1 heterocycles. The van der Waals surface area contributed by atoms with Crippen LogP contribution in [0, 0.1) is 0 Å². The molecule has 0 aromatic carbocycles. The molecule has 1 rings (SSSR count). The molecular weight excluding hydrogens is 126 g/mol. The maximum absolute atomic E-state index is 7.14. The summed E-state index contributed by atoms with van der Waals surface area (Å²) in [6, 6.07) is 0. The van der Waals surface area contributed by atoms with E-state index < -0.39 is 0 Å². The first kappa shape index (κ1) is 6.23. The Bertz CT molecular complexity index is 137. The normalized spacial score (nSPS) is 22.1. The van der Waals surface area contributed by atoms with E-state index in [1.165, 1.54) is 5.57 Å². The lowest BCUT2D eigenvalue weighted by Crippen LogP contribution is -2.26. The van der Waals surface area contributed by atoms with Crippen molar-refractivity contribution in [3.8, 4) is 0 Å². The Morgan fingerprint density at radius 2 is 2.30 bits per heavy atom. The van der Waals surface area contributed by atoms with E-state index in [-0.39, 0.29) is 0 Å². The number of ether oxygens (including phenoxy) is 1. The van der Waals surface area contributed by atoms with E-state index in [2.05, 4.69) is 4.90 Å². The molecule has 0 saturated carbocycles. The van der Waals surface area contributed by atoms with E-state index in [0.29, 0.717) is 7.02 Å². The van der Waals surface area contributed by atoms with Crippen molar-refractivity contribution in [2.75, 3.05) is 27.2 Å². The number of piperidine rings is 1. The Balaban J connectivity index is 2.30. The molecular formula is C8H15NO. The van der Waals surface area contributed by atoms with Crippen molar-refractivity contribution in [2.45, 2.75) is 12.8 Å². The third-order valence-electron chi connectivity index (χ3n) is 1.78. The van der Waals surface area contributed by atoms with Gasteiger partial charge in [-0.15, -0.1) is 0 Å². The lowest BCUT2D eigenvalue weighted by Gasteiger charge is -2.23. The lowest BCUT2D eigenvalue weighted by molar-refractivity contribution is 0.291. The summed E-state index contributed by atoms with van der Waals surface area (Å²) >= 11 is 0. The Morgan fingerprint density at radius 1 is 1.60 bits per heavy atom. The number of rotatable bonds is 1. The van der Waals surface area contributed by atoms with E-state index in [9.17, 15) is 0 Å². The second kappa shape index (κ2) is 3.62. The molecule has 0 spiro atoms. The van der Waals surface area contributed by atoms with Crippen LogP contribution in [0.1, 0.15) is 14.2 Å². The fourth-order valence-corrected chi connectivity index (χ4v) is 1.12. The molecule has 0 radical (unpaired) electrons. The van der Waals surface area contributed by atoms with Gasteiger partial charge in [0.2, 0.25) is 0 Å². The van der Waals surface area contributed by atoms with Gasteiger partial charge in [-0.2, -0.15) is 0 Å². The molecule has 0 unspecified atom stereocenters. The highest BCUT2D eigenvalue weighted by molar-refractivity contribution is 5.01. The van der Waals surface area contributed by atoms with Crippen LogP contribution < -0.4 is 0 Å². The van der Waals surface area contributed by atoms with Crippen molar-refractivity contribution in [2.24, 2.45) is 0 Å². The fourth-order valence-electron chi connectivity index (χ4n) is 1.12. The first-order chi connectivity index (χ1) is 5.36. The van der Waals surface area contributed by atoms with Crippen LogP contribution in [-0.2, 0) is 4.74 Å². The summed E-state index contributed by atoms with van der Waals surface area (Å²) in [5.74, 6) is 0. The second-order valence-electron chi connectivity index (χ2n) is 2.63. The molecule has 1 saturated heterocycles. The van der Waals surface area contributed by atoms with Gasteiger partial charge in [0.1, 0.15) is 0 Å². The van der Waals surface area contributed by atoms with Gasteiger partial charge < -0.3 is 9.64 Å². The summed E-state index contributed by atoms with van der Waals surface area (Å²) in [6.45, 7) is 2.03. The zero-order chi connectivity index (χ0) is 8.10. The summed E-state index contributed by atoms with van der Waals surface area (Å²) in [4.78, 5) is 2.13. The van der Waals surface area contributed by atoms with Gasteiger partial charge in [0.25, 0.3) is 0 Å². The molecule has 1 fully saturated rings. The van der Waals surface area contributed by atoms with Gasteiger partial charge in [-0.1, -0.05) is 0 Å². The summed E-state index contributed by atoms with van der Waals surface area (Å²) in [6.07, 6.45) is 3.96. The van der Waals surface area contributed by atoms with E-state index in [4.69, 9.17) is 6.11 Å². The lowest BCUT2D eigenvalue weighted by atomic mass is 10.1. The largest absolute Gasteiger partial charge is 0.504 e. The molecule has 2 nitrogen and oxygen atoms in total. The molecule has 0 aromatic rings. The zero-order valence-corrected chi connectivity index (χ0v) is 6.47. The molecule has 2 heteroatoms. The molecule has 0 amide bonds. The van der Waals surface area contributed by atoms with Gasteiger partial charge in [-0.25, -0.2) is 0 Å². The van der Waals surface area contributed by atoms with Crippen LogP contribution in [0.3, 0.4) is 0 Å². The predicted octanol–water partition coefficient (Wildman–Crippen LogP) is 1.24. The highest BCUT2D eigenvalue weighted by Crippen LogP contribution is 2.13. The van der Waals surface area contributed by atoms with Crippen LogP contribution in [0.5, 0.6) is 0 Å². The minimum absolute atomic E-state index is 0.431. The van der Waals surface area contributed by atoms with E-state index in [1.807, 2.05) is 6.26 Å². The van der Waals surface area contributed by atoms with Crippen LogP contribution in [0.2, 0.25) is 0 Å². The number of methoxy groups -OCH3 is 1. The van der Waals surface area contributed by atoms with Crippen LogP contribution in [0.4, 0.5) is 0 Å². The van der Waals surface area contributed by atoms with Gasteiger partial charge >= 0.3 is 0 Å². The molecule has 58 valence electrons. The number of hydrogen-bond donors (Lipinski definition) is 0. The molecule has 0 bridgehead atoms. The van der Waals surface area contributed by atoms with Crippen molar-refractivity contribution in [1.29, 1.82) is 0 Å². The fraction of sp³-hybridized carbons (Fsp3) is 0.750. The number of nitrogens with zero attached hydrogens (tertiary/aromatic N) is 1. The Labute approximate surface area is 63.9 Å². The zero-order valence-electron chi connectivity index (χ0n) is 7.47. The molecule has 0 aliphatic carbocycles. The predicted molar refractivity (Wildman–Crippen MR) is 41.8 cm³/mol. The van der Waals surface area contributed by atoms with Crippen molar-refractivity contribution < 1.29 is 6.11 Å². The average molecular weight is 143 g/mol. The average Bonchev–Trinajstić information content (AvgIpc) is 2.07. The summed E-state index contributed by atoms with van der Waals surface area (Å²) in [5, 5.41) is 0. The van der Waals surface area contributed by atoms with Gasteiger partial charge in [0, 0.05) is 14.5 Å². The van der Waals surface area contributed by atoms with Crippen LogP contribution in [0.15, 0.2) is 11.8 Å². The van der Waals surface area contributed by atoms with E-state index in [0.717, 1.165) is 25.9 Å². The first-order valence-electron chi connectivity index (χ1n) is 4.30. The highest BCUT2D eigenvalue weighted by atomic mass is 16.5. The van der Waals surface area contributed by atoms with E-state index >= 15 is 0 Å². The Morgan fingerprint density at radius 3 is 2.80 bits per heavy atom. The topological polar surface area (TPSA) is 12.5 Å². The van der Waals surface area contributed by atoms with Crippen LogP contribution >= 0.6 is 0 Å².